The molecule has 0 radical (unpaired) electrons. The van der Waals surface area contributed by atoms with Crippen LogP contribution in [0.5, 0.6) is 0 Å². The molecule has 27 heavy (non-hydrogen) atoms. The Morgan fingerprint density at radius 1 is 1.00 bits per heavy atom. The van der Waals surface area contributed by atoms with E-state index in [4.69, 9.17) is 27.9 Å². The SMILES string of the molecule is O=C(COC(=O)CCc1ccc2ccccc2n1)Nc1cccc(Cl)c1Cl. The zero-order chi connectivity index (χ0) is 19.2. The molecule has 0 aliphatic rings. The quantitative estimate of drug-likeness (QED) is 0.608. The minimum absolute atomic E-state index is 0.135. The summed E-state index contributed by atoms with van der Waals surface area (Å²) in [5.41, 5.74) is 2.03. The molecule has 0 aliphatic carbocycles. The van der Waals surface area contributed by atoms with E-state index in [2.05, 4.69) is 10.3 Å². The summed E-state index contributed by atoms with van der Waals surface area (Å²) in [6, 6.07) is 16.5. The molecule has 2 aromatic carbocycles. The Morgan fingerprint density at radius 2 is 1.81 bits per heavy atom. The summed E-state index contributed by atoms with van der Waals surface area (Å²) in [5, 5.41) is 4.16. The van der Waals surface area contributed by atoms with Gasteiger partial charge >= 0.3 is 5.97 Å². The molecular weight excluding hydrogens is 387 g/mol. The van der Waals surface area contributed by atoms with Crippen molar-refractivity contribution < 1.29 is 14.3 Å². The topological polar surface area (TPSA) is 68.3 Å². The zero-order valence-electron chi connectivity index (χ0n) is 14.2. The summed E-state index contributed by atoms with van der Waals surface area (Å²) < 4.78 is 5.00. The molecule has 0 fully saturated rings. The van der Waals surface area contributed by atoms with E-state index in [-0.39, 0.29) is 11.4 Å². The van der Waals surface area contributed by atoms with Gasteiger partial charge in [-0.15, -0.1) is 0 Å². The van der Waals surface area contributed by atoms with Crippen LogP contribution in [0.1, 0.15) is 12.1 Å². The van der Waals surface area contributed by atoms with Gasteiger partial charge in [-0.2, -0.15) is 0 Å². The van der Waals surface area contributed by atoms with Crippen molar-refractivity contribution >= 4 is 51.7 Å². The van der Waals surface area contributed by atoms with Gasteiger partial charge in [0, 0.05) is 17.5 Å². The van der Waals surface area contributed by atoms with Gasteiger partial charge in [0.05, 0.1) is 27.7 Å². The Kier molecular flexibility index (Phi) is 6.27. The number of pyridine rings is 1. The van der Waals surface area contributed by atoms with E-state index in [9.17, 15) is 9.59 Å². The van der Waals surface area contributed by atoms with Gasteiger partial charge in [0.15, 0.2) is 6.61 Å². The molecule has 1 aromatic heterocycles. The molecular formula is C20H16Cl2N2O3. The van der Waals surface area contributed by atoms with Gasteiger partial charge in [-0.25, -0.2) is 0 Å². The van der Waals surface area contributed by atoms with Crippen LogP contribution in [0.25, 0.3) is 10.9 Å². The molecule has 138 valence electrons. The van der Waals surface area contributed by atoms with Crippen molar-refractivity contribution in [2.24, 2.45) is 0 Å². The highest BCUT2D eigenvalue weighted by atomic mass is 35.5. The molecule has 3 aromatic rings. The highest BCUT2D eigenvalue weighted by Gasteiger charge is 2.11. The van der Waals surface area contributed by atoms with Crippen LogP contribution in [-0.2, 0) is 20.7 Å². The number of anilines is 1. The summed E-state index contributed by atoms with van der Waals surface area (Å²) in [6.45, 7) is -0.396. The van der Waals surface area contributed by atoms with Crippen molar-refractivity contribution in [3.63, 3.8) is 0 Å². The Balaban J connectivity index is 1.47. The fourth-order valence-corrected chi connectivity index (χ4v) is 2.83. The highest BCUT2D eigenvalue weighted by Crippen LogP contribution is 2.29. The molecule has 1 heterocycles. The van der Waals surface area contributed by atoms with Crippen molar-refractivity contribution in [2.45, 2.75) is 12.8 Å². The van der Waals surface area contributed by atoms with E-state index in [1.807, 2.05) is 36.4 Å². The second-order valence-corrected chi connectivity index (χ2v) is 6.59. The first-order valence-corrected chi connectivity index (χ1v) is 9.02. The number of nitrogens with zero attached hydrogens (tertiary/aromatic N) is 1. The standard InChI is InChI=1S/C20H16Cl2N2O3/c21-15-5-3-7-17(20(15)22)24-18(25)12-27-19(26)11-10-14-9-8-13-4-1-2-6-16(13)23-14/h1-9H,10-12H2,(H,24,25). The van der Waals surface area contributed by atoms with E-state index in [0.29, 0.717) is 17.1 Å². The third-order valence-electron chi connectivity index (χ3n) is 3.83. The molecule has 0 saturated heterocycles. The van der Waals surface area contributed by atoms with Crippen LogP contribution in [-0.4, -0.2) is 23.5 Å². The lowest BCUT2D eigenvalue weighted by Gasteiger charge is -2.09. The summed E-state index contributed by atoms with van der Waals surface area (Å²) in [4.78, 5) is 28.3. The molecule has 0 bridgehead atoms. The molecule has 3 rings (SSSR count). The molecule has 5 nitrogen and oxygen atoms in total. The first-order chi connectivity index (χ1) is 13.0. The van der Waals surface area contributed by atoms with Crippen LogP contribution < -0.4 is 5.32 Å². The molecule has 0 unspecified atom stereocenters. The Hall–Kier alpha value is -2.63. The van der Waals surface area contributed by atoms with Gasteiger partial charge in [0.25, 0.3) is 5.91 Å². The van der Waals surface area contributed by atoms with Gasteiger partial charge in [-0.3, -0.25) is 14.6 Å². The maximum Gasteiger partial charge on any atom is 0.306 e. The molecule has 1 N–H and O–H groups in total. The lowest BCUT2D eigenvalue weighted by Crippen LogP contribution is -2.21. The molecule has 0 spiro atoms. The number of ether oxygens (including phenoxy) is 1. The molecule has 0 aliphatic heterocycles. The Labute approximate surface area is 166 Å². The van der Waals surface area contributed by atoms with Crippen LogP contribution in [0, 0.1) is 0 Å². The number of benzene rings is 2. The fourth-order valence-electron chi connectivity index (χ4n) is 2.48. The van der Waals surface area contributed by atoms with Crippen molar-refractivity contribution in [1.29, 1.82) is 0 Å². The van der Waals surface area contributed by atoms with Crippen LogP contribution in [0.2, 0.25) is 10.0 Å². The number of carbonyl (C=O) groups is 2. The van der Waals surface area contributed by atoms with Gasteiger partial charge in [0.2, 0.25) is 0 Å². The number of rotatable bonds is 6. The van der Waals surface area contributed by atoms with Crippen molar-refractivity contribution in [3.8, 4) is 0 Å². The summed E-state index contributed by atoms with van der Waals surface area (Å²) in [7, 11) is 0. The van der Waals surface area contributed by atoms with Crippen molar-refractivity contribution in [3.05, 3.63) is 70.3 Å². The number of nitrogens with one attached hydrogen (secondary N) is 1. The largest absolute Gasteiger partial charge is 0.456 e. The molecule has 0 saturated carbocycles. The monoisotopic (exact) mass is 402 g/mol. The number of hydrogen-bond acceptors (Lipinski definition) is 4. The lowest BCUT2D eigenvalue weighted by atomic mass is 10.1. The van der Waals surface area contributed by atoms with Crippen LogP contribution in [0.3, 0.4) is 0 Å². The summed E-state index contributed by atoms with van der Waals surface area (Å²) >= 11 is 11.9. The van der Waals surface area contributed by atoms with Gasteiger partial charge in [-0.05, 0) is 24.3 Å². The van der Waals surface area contributed by atoms with Crippen LogP contribution >= 0.6 is 23.2 Å². The van der Waals surface area contributed by atoms with Gasteiger partial charge in [0.1, 0.15) is 0 Å². The predicted molar refractivity (Wildman–Crippen MR) is 106 cm³/mol. The summed E-state index contributed by atoms with van der Waals surface area (Å²) in [6.07, 6.45) is 0.571. The van der Waals surface area contributed by atoms with Crippen LogP contribution in [0.4, 0.5) is 5.69 Å². The maximum atomic E-state index is 11.9. The number of hydrogen-bond donors (Lipinski definition) is 1. The predicted octanol–water partition coefficient (Wildman–Crippen LogP) is 4.66. The van der Waals surface area contributed by atoms with Crippen LogP contribution in [0.15, 0.2) is 54.6 Å². The third kappa shape index (κ3) is 5.18. The second-order valence-electron chi connectivity index (χ2n) is 5.81. The average Bonchev–Trinajstić information content (AvgIpc) is 2.68. The first-order valence-electron chi connectivity index (χ1n) is 8.27. The fraction of sp³-hybridized carbons (Fsp3) is 0.150. The number of para-hydroxylation sites is 1. The second kappa shape index (κ2) is 8.84. The molecule has 7 heteroatoms. The third-order valence-corrected chi connectivity index (χ3v) is 4.65. The minimum atomic E-state index is -0.489. The normalized spacial score (nSPS) is 10.6. The van der Waals surface area contributed by atoms with E-state index in [0.717, 1.165) is 16.6 Å². The van der Waals surface area contributed by atoms with Gasteiger partial charge in [-0.1, -0.05) is 53.5 Å². The van der Waals surface area contributed by atoms with Crippen molar-refractivity contribution in [2.75, 3.05) is 11.9 Å². The lowest BCUT2D eigenvalue weighted by molar-refractivity contribution is -0.147. The minimum Gasteiger partial charge on any atom is -0.456 e. The van der Waals surface area contributed by atoms with Gasteiger partial charge < -0.3 is 10.1 Å². The van der Waals surface area contributed by atoms with E-state index in [1.165, 1.54) is 0 Å². The number of aryl methyl sites for hydroxylation is 1. The Bertz CT molecular complexity index is 992. The number of esters is 1. The number of amides is 1. The average molecular weight is 403 g/mol. The highest BCUT2D eigenvalue weighted by molar-refractivity contribution is 6.44. The molecule has 0 atom stereocenters. The number of halogens is 2. The maximum absolute atomic E-state index is 11.9. The molecule has 1 amide bonds. The van der Waals surface area contributed by atoms with E-state index >= 15 is 0 Å². The first kappa shape index (κ1) is 19.1. The number of fused-ring (bicyclic) bond motifs is 1. The van der Waals surface area contributed by atoms with E-state index in [1.54, 1.807) is 18.2 Å². The zero-order valence-corrected chi connectivity index (χ0v) is 15.8. The number of aromatic nitrogens is 1. The van der Waals surface area contributed by atoms with E-state index < -0.39 is 18.5 Å². The Morgan fingerprint density at radius 3 is 2.67 bits per heavy atom. The summed E-state index contributed by atoms with van der Waals surface area (Å²) in [5.74, 6) is -0.964. The number of carbonyl (C=O) groups excluding carboxylic acids is 2. The van der Waals surface area contributed by atoms with Crippen molar-refractivity contribution in [1.82, 2.24) is 4.98 Å². The smallest absolute Gasteiger partial charge is 0.306 e.